The molecule has 1 heterocycles. The summed E-state index contributed by atoms with van der Waals surface area (Å²) in [7, 11) is -3.84. The van der Waals surface area contributed by atoms with Crippen LogP contribution >= 0.6 is 23.5 Å². The van der Waals surface area contributed by atoms with Crippen molar-refractivity contribution >= 4 is 33.6 Å². The van der Waals surface area contributed by atoms with Crippen LogP contribution in [0.2, 0.25) is 0 Å². The average molecular weight is 480 g/mol. The van der Waals surface area contributed by atoms with Crippen LogP contribution in [0.1, 0.15) is 19.8 Å². The summed E-state index contributed by atoms with van der Waals surface area (Å²) >= 11 is 3.31. The molecule has 22 heavy (non-hydrogen) atoms. The smallest absolute Gasteiger partial charge is 0.542 e. The Balaban J connectivity index is 0.00000242. The first-order chi connectivity index (χ1) is 9.92. The zero-order valence-electron chi connectivity index (χ0n) is 12.8. The van der Waals surface area contributed by atoms with Crippen molar-refractivity contribution in [2.75, 3.05) is 11.5 Å². The van der Waals surface area contributed by atoms with Crippen LogP contribution in [0.5, 0.6) is 0 Å². The van der Waals surface area contributed by atoms with Crippen LogP contribution in [0.4, 0.5) is 0 Å². The fraction of sp³-hybridized carbons (Fsp3) is 0.500. The molecule has 2 atom stereocenters. The van der Waals surface area contributed by atoms with Gasteiger partial charge in [-0.15, -0.1) is 17.7 Å². The second kappa shape index (κ2) is 10.7. The third-order valence-corrected chi connectivity index (χ3v) is 5.95. The molecule has 0 aromatic heterocycles. The number of thioether (sulfide) groups is 2. The van der Waals surface area contributed by atoms with E-state index < -0.39 is 10.1 Å². The van der Waals surface area contributed by atoms with Gasteiger partial charge in [0.25, 0.3) is 10.1 Å². The number of hydrogen-bond donors (Lipinski definition) is 1. The van der Waals surface area contributed by atoms with E-state index in [1.807, 2.05) is 18.7 Å². The van der Waals surface area contributed by atoms with Gasteiger partial charge in [0.2, 0.25) is 0 Å². The van der Waals surface area contributed by atoms with E-state index in [1.165, 1.54) is 4.90 Å². The molecule has 1 aliphatic rings. The number of ether oxygens (including phenoxy) is 1. The first-order valence-electron chi connectivity index (χ1n) is 6.76. The molecule has 1 saturated heterocycles. The first kappa shape index (κ1) is 21.9. The molecule has 1 aromatic carbocycles. The van der Waals surface area contributed by atoms with Crippen LogP contribution in [0.3, 0.4) is 0 Å². The van der Waals surface area contributed by atoms with Gasteiger partial charge in [-0.25, -0.2) is 6.61 Å². The number of hydrogen-bond acceptors (Lipinski definition) is 5. The quantitative estimate of drug-likeness (QED) is 0.268. The van der Waals surface area contributed by atoms with E-state index in [2.05, 4.69) is 19.1 Å². The SMILES string of the molecule is C[C@H]1[CH-]OC(Sc2ccc(SCCCS(=O)(=O)O)cc2)C1.[Cs+]. The van der Waals surface area contributed by atoms with Gasteiger partial charge < -0.3 is 4.74 Å². The summed E-state index contributed by atoms with van der Waals surface area (Å²) in [5.74, 6) is 1.01. The topological polar surface area (TPSA) is 63.6 Å². The molecule has 4 nitrogen and oxygen atoms in total. The van der Waals surface area contributed by atoms with Gasteiger partial charge in [0.05, 0.1) is 11.2 Å². The van der Waals surface area contributed by atoms with Gasteiger partial charge in [-0.1, -0.05) is 18.7 Å². The maximum atomic E-state index is 10.6. The third kappa shape index (κ3) is 8.80. The summed E-state index contributed by atoms with van der Waals surface area (Å²) in [4.78, 5) is 2.27. The predicted octanol–water partition coefficient (Wildman–Crippen LogP) is 0.697. The standard InChI is InChI=1S/C14H19O4S3.Cs/c1-11-9-14(18-10-11)20-13-5-3-12(4-6-13)19-7-2-8-21(15,16)17;/h3-6,10-11,14H,2,7-9H2,1H3,(H,15,16,17);/q-1;+1/t11-,14?;/m1./s1. The Kier molecular flexibility index (Phi) is 10.7. The number of benzene rings is 1. The summed E-state index contributed by atoms with van der Waals surface area (Å²) in [5, 5.41) is 0. The second-order valence-corrected chi connectivity index (χ2v) is 8.97. The minimum atomic E-state index is -3.84. The van der Waals surface area contributed by atoms with E-state index in [9.17, 15) is 8.42 Å². The number of rotatable bonds is 7. The summed E-state index contributed by atoms with van der Waals surface area (Å²) in [6.07, 6.45) is 1.49. The minimum absolute atomic E-state index is 0. The van der Waals surface area contributed by atoms with Gasteiger partial charge >= 0.3 is 68.9 Å². The normalized spacial score (nSPS) is 21.5. The van der Waals surface area contributed by atoms with Gasteiger partial charge in [0.1, 0.15) is 0 Å². The molecular weight excluding hydrogens is 461 g/mol. The maximum absolute atomic E-state index is 10.6. The summed E-state index contributed by atoms with van der Waals surface area (Å²) in [6.45, 7) is 4.05. The molecule has 2 rings (SSSR count). The van der Waals surface area contributed by atoms with Gasteiger partial charge in [0, 0.05) is 9.79 Å². The van der Waals surface area contributed by atoms with Gasteiger partial charge in [-0.3, -0.25) is 4.55 Å². The molecule has 118 valence electrons. The van der Waals surface area contributed by atoms with Crippen molar-refractivity contribution in [1.29, 1.82) is 0 Å². The van der Waals surface area contributed by atoms with Crippen molar-refractivity contribution in [2.24, 2.45) is 5.92 Å². The Labute approximate surface area is 200 Å². The molecule has 1 aliphatic heterocycles. The van der Waals surface area contributed by atoms with E-state index in [0.29, 0.717) is 18.1 Å². The molecule has 1 unspecified atom stereocenters. The van der Waals surface area contributed by atoms with E-state index in [4.69, 9.17) is 9.29 Å². The molecule has 0 saturated carbocycles. The average Bonchev–Trinajstić information content (AvgIpc) is 2.81. The van der Waals surface area contributed by atoms with Crippen molar-refractivity contribution < 1.29 is 86.6 Å². The largest absolute Gasteiger partial charge is 1.00 e. The van der Waals surface area contributed by atoms with E-state index in [-0.39, 0.29) is 80.1 Å². The fourth-order valence-electron chi connectivity index (χ4n) is 1.91. The van der Waals surface area contributed by atoms with E-state index in [1.54, 1.807) is 23.5 Å². The van der Waals surface area contributed by atoms with Crippen LogP contribution in [-0.4, -0.2) is 29.9 Å². The van der Waals surface area contributed by atoms with Crippen LogP contribution in [0.25, 0.3) is 0 Å². The zero-order valence-corrected chi connectivity index (χ0v) is 21.5. The summed E-state index contributed by atoms with van der Waals surface area (Å²) < 4.78 is 35.4. The van der Waals surface area contributed by atoms with Crippen molar-refractivity contribution in [3.8, 4) is 0 Å². The molecule has 0 amide bonds. The van der Waals surface area contributed by atoms with Crippen molar-refractivity contribution in [1.82, 2.24) is 0 Å². The van der Waals surface area contributed by atoms with Crippen LogP contribution in [0.15, 0.2) is 34.1 Å². The van der Waals surface area contributed by atoms with E-state index >= 15 is 0 Å². The first-order valence-corrected chi connectivity index (χ1v) is 10.2. The van der Waals surface area contributed by atoms with Crippen molar-refractivity contribution in [3.63, 3.8) is 0 Å². The Bertz CT molecular complexity index is 548. The van der Waals surface area contributed by atoms with Gasteiger partial charge in [0.15, 0.2) is 0 Å². The Hall–Kier alpha value is 1.84. The van der Waals surface area contributed by atoms with Gasteiger partial charge in [-0.2, -0.15) is 8.42 Å². The molecule has 1 fully saturated rings. The van der Waals surface area contributed by atoms with Crippen LogP contribution in [0, 0.1) is 12.5 Å². The maximum Gasteiger partial charge on any atom is 1.00 e. The Morgan fingerprint density at radius 3 is 2.50 bits per heavy atom. The van der Waals surface area contributed by atoms with Crippen molar-refractivity contribution in [3.05, 3.63) is 30.9 Å². The molecule has 8 heteroatoms. The molecule has 0 bridgehead atoms. The third-order valence-electron chi connectivity index (χ3n) is 2.93. The molecular formula is C14H19CsO4S3. The molecule has 0 aliphatic carbocycles. The fourth-order valence-corrected chi connectivity index (χ4v) is 4.57. The molecule has 0 spiro atoms. The summed E-state index contributed by atoms with van der Waals surface area (Å²) in [6, 6.07) is 8.18. The predicted molar refractivity (Wildman–Crippen MR) is 87.0 cm³/mol. The Morgan fingerprint density at radius 2 is 1.95 bits per heavy atom. The van der Waals surface area contributed by atoms with Crippen molar-refractivity contribution in [2.45, 2.75) is 35.0 Å². The van der Waals surface area contributed by atoms with Crippen LogP contribution in [-0.2, 0) is 14.9 Å². The molecule has 0 radical (unpaired) electrons. The molecule has 1 aromatic rings. The Morgan fingerprint density at radius 1 is 1.32 bits per heavy atom. The van der Waals surface area contributed by atoms with Gasteiger partial charge in [-0.05, 0) is 42.9 Å². The van der Waals surface area contributed by atoms with Crippen LogP contribution < -0.4 is 68.9 Å². The van der Waals surface area contributed by atoms with E-state index in [0.717, 1.165) is 11.3 Å². The monoisotopic (exact) mass is 480 g/mol. The molecule has 1 N–H and O–H groups in total. The minimum Gasteiger partial charge on any atom is -0.542 e. The zero-order chi connectivity index (χ0) is 15.3. The summed E-state index contributed by atoms with van der Waals surface area (Å²) in [5.41, 5.74) is 0.202. The second-order valence-electron chi connectivity index (χ2n) is 4.99.